The van der Waals surface area contributed by atoms with E-state index in [0.717, 1.165) is 56.4 Å². The quantitative estimate of drug-likeness (QED) is 0.769. The van der Waals surface area contributed by atoms with Gasteiger partial charge in [0.25, 0.3) is 0 Å². The third-order valence-electron chi connectivity index (χ3n) is 2.67. The summed E-state index contributed by atoms with van der Waals surface area (Å²) in [5.74, 6) is 1.80. The summed E-state index contributed by atoms with van der Waals surface area (Å²) in [4.78, 5) is 11.4. The summed E-state index contributed by atoms with van der Waals surface area (Å²) in [5, 5.41) is 3.34. The molecule has 1 heterocycles. The van der Waals surface area contributed by atoms with Crippen molar-refractivity contribution in [2.45, 2.75) is 47.0 Å². The van der Waals surface area contributed by atoms with E-state index in [1.54, 1.807) is 0 Å². The minimum atomic E-state index is 0.859. The standard InChI is InChI=1S/C14H26N4/c1-5-8-15-13-11-12(4)16-14(17-13)18(9-6-2)10-7-3/h11H,5-10H2,1-4H3,(H,15,16,17). The van der Waals surface area contributed by atoms with Crippen LogP contribution < -0.4 is 10.2 Å². The first-order valence-corrected chi connectivity index (χ1v) is 7.05. The number of aryl methyl sites for hydroxylation is 1. The van der Waals surface area contributed by atoms with Crippen molar-refractivity contribution in [3.05, 3.63) is 11.8 Å². The van der Waals surface area contributed by atoms with Gasteiger partial charge < -0.3 is 10.2 Å². The van der Waals surface area contributed by atoms with E-state index in [1.807, 2.05) is 13.0 Å². The lowest BCUT2D eigenvalue weighted by atomic mass is 10.3. The van der Waals surface area contributed by atoms with Crippen molar-refractivity contribution in [1.29, 1.82) is 0 Å². The number of nitrogens with one attached hydrogen (secondary N) is 1. The van der Waals surface area contributed by atoms with Gasteiger partial charge in [-0.25, -0.2) is 4.98 Å². The molecule has 0 bridgehead atoms. The van der Waals surface area contributed by atoms with E-state index in [4.69, 9.17) is 0 Å². The van der Waals surface area contributed by atoms with Gasteiger partial charge in [-0.2, -0.15) is 4.98 Å². The Hall–Kier alpha value is -1.32. The summed E-state index contributed by atoms with van der Waals surface area (Å²) in [6.07, 6.45) is 3.34. The summed E-state index contributed by atoms with van der Waals surface area (Å²) >= 11 is 0. The highest BCUT2D eigenvalue weighted by Gasteiger charge is 2.09. The number of aromatic nitrogens is 2. The molecule has 0 fully saturated rings. The molecule has 18 heavy (non-hydrogen) atoms. The highest BCUT2D eigenvalue weighted by Crippen LogP contribution is 2.14. The number of hydrogen-bond donors (Lipinski definition) is 1. The van der Waals surface area contributed by atoms with Crippen LogP contribution in [0.4, 0.5) is 11.8 Å². The van der Waals surface area contributed by atoms with Crippen LogP contribution >= 0.6 is 0 Å². The molecule has 4 nitrogen and oxygen atoms in total. The normalized spacial score (nSPS) is 10.4. The van der Waals surface area contributed by atoms with Gasteiger partial charge in [0.05, 0.1) is 0 Å². The largest absolute Gasteiger partial charge is 0.370 e. The zero-order valence-electron chi connectivity index (χ0n) is 12.2. The molecule has 0 saturated heterocycles. The fraction of sp³-hybridized carbons (Fsp3) is 0.714. The zero-order chi connectivity index (χ0) is 13.4. The minimum Gasteiger partial charge on any atom is -0.370 e. The second-order valence-corrected chi connectivity index (χ2v) is 4.61. The Labute approximate surface area is 111 Å². The smallest absolute Gasteiger partial charge is 0.227 e. The molecule has 0 saturated carbocycles. The fourth-order valence-corrected chi connectivity index (χ4v) is 1.89. The van der Waals surface area contributed by atoms with Gasteiger partial charge in [-0.1, -0.05) is 20.8 Å². The molecule has 1 aromatic heterocycles. The third-order valence-corrected chi connectivity index (χ3v) is 2.67. The molecule has 0 aliphatic heterocycles. The Morgan fingerprint density at radius 2 is 1.72 bits per heavy atom. The summed E-state index contributed by atoms with van der Waals surface area (Å²) in [5.41, 5.74) is 1.02. The van der Waals surface area contributed by atoms with Crippen LogP contribution in [-0.4, -0.2) is 29.6 Å². The van der Waals surface area contributed by atoms with E-state index in [2.05, 4.69) is 41.0 Å². The molecule has 102 valence electrons. The molecule has 0 amide bonds. The predicted octanol–water partition coefficient (Wildman–Crippen LogP) is 3.23. The SMILES string of the molecule is CCCNc1cc(C)nc(N(CCC)CCC)n1. The summed E-state index contributed by atoms with van der Waals surface area (Å²) in [7, 11) is 0. The lowest BCUT2D eigenvalue weighted by Crippen LogP contribution is -2.27. The molecular weight excluding hydrogens is 224 g/mol. The summed E-state index contributed by atoms with van der Waals surface area (Å²) < 4.78 is 0. The van der Waals surface area contributed by atoms with Crippen molar-refractivity contribution in [1.82, 2.24) is 9.97 Å². The van der Waals surface area contributed by atoms with Gasteiger partial charge >= 0.3 is 0 Å². The molecule has 0 spiro atoms. The first kappa shape index (κ1) is 14.7. The molecule has 0 aliphatic carbocycles. The molecular formula is C14H26N4. The Morgan fingerprint density at radius 3 is 2.28 bits per heavy atom. The first-order chi connectivity index (χ1) is 8.71. The van der Waals surface area contributed by atoms with Gasteiger partial charge in [-0.3, -0.25) is 0 Å². The maximum Gasteiger partial charge on any atom is 0.227 e. The van der Waals surface area contributed by atoms with Crippen LogP contribution in [0.25, 0.3) is 0 Å². The minimum absolute atomic E-state index is 0.859. The Morgan fingerprint density at radius 1 is 1.06 bits per heavy atom. The Kier molecular flexibility index (Phi) is 6.47. The van der Waals surface area contributed by atoms with E-state index >= 15 is 0 Å². The van der Waals surface area contributed by atoms with Crippen molar-refractivity contribution >= 4 is 11.8 Å². The Bertz CT molecular complexity index is 346. The molecule has 0 aromatic carbocycles. The number of nitrogens with zero attached hydrogens (tertiary/aromatic N) is 3. The van der Waals surface area contributed by atoms with Crippen LogP contribution in [0, 0.1) is 6.92 Å². The zero-order valence-corrected chi connectivity index (χ0v) is 12.2. The van der Waals surface area contributed by atoms with Crippen molar-refractivity contribution in [3.8, 4) is 0 Å². The number of hydrogen-bond acceptors (Lipinski definition) is 4. The van der Waals surface area contributed by atoms with E-state index in [1.165, 1.54) is 0 Å². The average molecular weight is 250 g/mol. The van der Waals surface area contributed by atoms with Gasteiger partial charge in [0.15, 0.2) is 0 Å². The van der Waals surface area contributed by atoms with Gasteiger partial charge in [0.1, 0.15) is 5.82 Å². The third kappa shape index (κ3) is 4.51. The van der Waals surface area contributed by atoms with Crippen LogP contribution in [0.15, 0.2) is 6.07 Å². The number of anilines is 2. The number of rotatable bonds is 8. The van der Waals surface area contributed by atoms with Crippen molar-refractivity contribution < 1.29 is 0 Å². The van der Waals surface area contributed by atoms with Crippen LogP contribution in [0.3, 0.4) is 0 Å². The van der Waals surface area contributed by atoms with E-state index in [0.29, 0.717) is 0 Å². The van der Waals surface area contributed by atoms with Crippen molar-refractivity contribution in [2.24, 2.45) is 0 Å². The molecule has 0 atom stereocenters. The lowest BCUT2D eigenvalue weighted by Gasteiger charge is -2.22. The maximum absolute atomic E-state index is 4.61. The second kappa shape index (κ2) is 7.90. The molecule has 0 aliphatic rings. The highest BCUT2D eigenvalue weighted by molar-refractivity contribution is 5.43. The molecule has 0 radical (unpaired) electrons. The fourth-order valence-electron chi connectivity index (χ4n) is 1.89. The molecule has 1 aromatic rings. The van der Waals surface area contributed by atoms with Crippen LogP contribution in [0.2, 0.25) is 0 Å². The van der Waals surface area contributed by atoms with Crippen molar-refractivity contribution in [2.75, 3.05) is 29.9 Å². The molecule has 0 unspecified atom stereocenters. The first-order valence-electron chi connectivity index (χ1n) is 7.05. The molecule has 1 rings (SSSR count). The van der Waals surface area contributed by atoms with E-state index in [9.17, 15) is 0 Å². The van der Waals surface area contributed by atoms with Crippen LogP contribution in [0.1, 0.15) is 45.7 Å². The van der Waals surface area contributed by atoms with E-state index in [-0.39, 0.29) is 0 Å². The maximum atomic E-state index is 4.61. The second-order valence-electron chi connectivity index (χ2n) is 4.61. The summed E-state index contributed by atoms with van der Waals surface area (Å²) in [6.45, 7) is 11.6. The molecule has 1 N–H and O–H groups in total. The van der Waals surface area contributed by atoms with Gasteiger partial charge in [-0.05, 0) is 26.2 Å². The van der Waals surface area contributed by atoms with Gasteiger partial charge in [0.2, 0.25) is 5.95 Å². The predicted molar refractivity (Wildman–Crippen MR) is 78.3 cm³/mol. The lowest BCUT2D eigenvalue weighted by molar-refractivity contribution is 0.719. The summed E-state index contributed by atoms with van der Waals surface area (Å²) in [6, 6.07) is 2.01. The topological polar surface area (TPSA) is 41.1 Å². The Balaban J connectivity index is 2.87. The van der Waals surface area contributed by atoms with Crippen LogP contribution in [-0.2, 0) is 0 Å². The molecule has 4 heteroatoms. The van der Waals surface area contributed by atoms with Gasteiger partial charge in [-0.15, -0.1) is 0 Å². The van der Waals surface area contributed by atoms with Gasteiger partial charge in [0, 0.05) is 31.4 Å². The van der Waals surface area contributed by atoms with Crippen molar-refractivity contribution in [3.63, 3.8) is 0 Å². The highest BCUT2D eigenvalue weighted by atomic mass is 15.3. The monoisotopic (exact) mass is 250 g/mol. The average Bonchev–Trinajstić information content (AvgIpc) is 2.35. The van der Waals surface area contributed by atoms with Crippen LogP contribution in [0.5, 0.6) is 0 Å². The van der Waals surface area contributed by atoms with E-state index < -0.39 is 0 Å².